The molecular weight excluding hydrogens is 232 g/mol. The van der Waals surface area contributed by atoms with Crippen molar-refractivity contribution in [3.05, 3.63) is 58.6 Å². The van der Waals surface area contributed by atoms with Crippen LogP contribution in [0.1, 0.15) is 11.1 Å². The van der Waals surface area contributed by atoms with Gasteiger partial charge in [-0.15, -0.1) is 0 Å². The SMILES string of the molecule is Cc1ccccc1CNc1ccc(Cl)cc1N. The summed E-state index contributed by atoms with van der Waals surface area (Å²) in [6, 6.07) is 13.8. The van der Waals surface area contributed by atoms with Gasteiger partial charge in [-0.25, -0.2) is 0 Å². The summed E-state index contributed by atoms with van der Waals surface area (Å²) in [6.07, 6.45) is 0. The zero-order chi connectivity index (χ0) is 12.3. The average Bonchev–Trinajstić information content (AvgIpc) is 2.30. The van der Waals surface area contributed by atoms with Crippen molar-refractivity contribution >= 4 is 23.0 Å². The fourth-order valence-electron chi connectivity index (χ4n) is 1.69. The van der Waals surface area contributed by atoms with Gasteiger partial charge in [0, 0.05) is 11.6 Å². The number of nitrogen functional groups attached to an aromatic ring is 1. The number of anilines is 2. The lowest BCUT2D eigenvalue weighted by atomic mass is 10.1. The molecule has 0 aliphatic heterocycles. The van der Waals surface area contributed by atoms with Gasteiger partial charge in [0.25, 0.3) is 0 Å². The lowest BCUT2D eigenvalue weighted by molar-refractivity contribution is 1.12. The van der Waals surface area contributed by atoms with Crippen molar-refractivity contribution in [1.82, 2.24) is 0 Å². The van der Waals surface area contributed by atoms with Crippen LogP contribution in [0, 0.1) is 6.92 Å². The minimum absolute atomic E-state index is 0.656. The molecule has 0 radical (unpaired) electrons. The maximum absolute atomic E-state index is 5.88. The Labute approximate surface area is 106 Å². The number of hydrogen-bond donors (Lipinski definition) is 2. The quantitative estimate of drug-likeness (QED) is 0.808. The minimum atomic E-state index is 0.656. The van der Waals surface area contributed by atoms with Gasteiger partial charge >= 0.3 is 0 Å². The molecule has 2 nitrogen and oxygen atoms in total. The van der Waals surface area contributed by atoms with E-state index >= 15 is 0 Å². The second kappa shape index (κ2) is 5.11. The molecule has 0 fully saturated rings. The van der Waals surface area contributed by atoms with Crippen LogP contribution in [0.25, 0.3) is 0 Å². The number of benzene rings is 2. The van der Waals surface area contributed by atoms with Gasteiger partial charge in [0.2, 0.25) is 0 Å². The van der Waals surface area contributed by atoms with E-state index in [1.54, 1.807) is 6.07 Å². The summed E-state index contributed by atoms with van der Waals surface area (Å²) in [7, 11) is 0. The molecule has 3 heteroatoms. The first-order chi connectivity index (χ1) is 8.16. The first-order valence-electron chi connectivity index (χ1n) is 5.50. The van der Waals surface area contributed by atoms with E-state index < -0.39 is 0 Å². The maximum atomic E-state index is 5.88. The van der Waals surface area contributed by atoms with Gasteiger partial charge in [0.15, 0.2) is 0 Å². The van der Waals surface area contributed by atoms with Crippen LogP contribution < -0.4 is 11.1 Å². The van der Waals surface area contributed by atoms with Crippen LogP contribution in [0.5, 0.6) is 0 Å². The molecular formula is C14H15ClN2. The molecule has 0 unspecified atom stereocenters. The third kappa shape index (κ3) is 2.92. The Balaban J connectivity index is 2.10. The van der Waals surface area contributed by atoms with Crippen LogP contribution in [0.2, 0.25) is 5.02 Å². The summed E-state index contributed by atoms with van der Waals surface area (Å²) in [5.74, 6) is 0. The number of hydrogen-bond acceptors (Lipinski definition) is 2. The van der Waals surface area contributed by atoms with E-state index in [2.05, 4.69) is 24.4 Å². The molecule has 3 N–H and O–H groups in total. The Bertz CT molecular complexity index is 523. The fourth-order valence-corrected chi connectivity index (χ4v) is 1.87. The predicted molar refractivity (Wildman–Crippen MR) is 74.4 cm³/mol. The Kier molecular flexibility index (Phi) is 3.55. The monoisotopic (exact) mass is 246 g/mol. The maximum Gasteiger partial charge on any atom is 0.0577 e. The number of aryl methyl sites for hydroxylation is 1. The Morgan fingerprint density at radius 2 is 1.94 bits per heavy atom. The highest BCUT2D eigenvalue weighted by Crippen LogP contribution is 2.23. The summed E-state index contributed by atoms with van der Waals surface area (Å²) >= 11 is 5.85. The van der Waals surface area contributed by atoms with E-state index in [0.717, 1.165) is 12.2 Å². The molecule has 0 aromatic heterocycles. The first kappa shape index (κ1) is 11.8. The Morgan fingerprint density at radius 1 is 1.18 bits per heavy atom. The molecule has 0 saturated carbocycles. The molecule has 0 amide bonds. The summed E-state index contributed by atoms with van der Waals surface area (Å²) in [6.45, 7) is 2.86. The third-order valence-corrected chi connectivity index (χ3v) is 2.98. The largest absolute Gasteiger partial charge is 0.397 e. The van der Waals surface area contributed by atoms with Gasteiger partial charge in [0.05, 0.1) is 11.4 Å². The lowest BCUT2D eigenvalue weighted by Gasteiger charge is -2.11. The van der Waals surface area contributed by atoms with Crippen LogP contribution in [-0.2, 0) is 6.54 Å². The van der Waals surface area contributed by atoms with Crippen molar-refractivity contribution in [2.45, 2.75) is 13.5 Å². The highest BCUT2D eigenvalue weighted by Gasteiger charge is 2.01. The second-order valence-corrected chi connectivity index (χ2v) is 4.45. The van der Waals surface area contributed by atoms with Crippen molar-refractivity contribution in [1.29, 1.82) is 0 Å². The van der Waals surface area contributed by atoms with E-state index in [1.165, 1.54) is 11.1 Å². The van der Waals surface area contributed by atoms with Crippen molar-refractivity contribution in [2.75, 3.05) is 11.1 Å². The van der Waals surface area contributed by atoms with E-state index in [1.807, 2.05) is 24.3 Å². The number of nitrogens with one attached hydrogen (secondary N) is 1. The van der Waals surface area contributed by atoms with E-state index in [0.29, 0.717) is 10.7 Å². The summed E-state index contributed by atoms with van der Waals surface area (Å²) in [4.78, 5) is 0. The molecule has 0 aliphatic rings. The average molecular weight is 247 g/mol. The highest BCUT2D eigenvalue weighted by molar-refractivity contribution is 6.31. The minimum Gasteiger partial charge on any atom is -0.397 e. The topological polar surface area (TPSA) is 38.0 Å². The van der Waals surface area contributed by atoms with Crippen molar-refractivity contribution in [3.63, 3.8) is 0 Å². The fraction of sp³-hybridized carbons (Fsp3) is 0.143. The van der Waals surface area contributed by atoms with Gasteiger partial charge in [-0.1, -0.05) is 35.9 Å². The molecule has 0 aliphatic carbocycles. The number of halogens is 1. The van der Waals surface area contributed by atoms with Crippen LogP contribution >= 0.6 is 11.6 Å². The number of rotatable bonds is 3. The smallest absolute Gasteiger partial charge is 0.0577 e. The zero-order valence-corrected chi connectivity index (χ0v) is 10.5. The molecule has 2 rings (SSSR count). The second-order valence-electron chi connectivity index (χ2n) is 4.01. The molecule has 0 heterocycles. The lowest BCUT2D eigenvalue weighted by Crippen LogP contribution is -2.03. The molecule has 2 aromatic rings. The third-order valence-electron chi connectivity index (χ3n) is 2.74. The molecule has 88 valence electrons. The van der Waals surface area contributed by atoms with Gasteiger partial charge in [-0.3, -0.25) is 0 Å². The van der Waals surface area contributed by atoms with Gasteiger partial charge in [-0.2, -0.15) is 0 Å². The Hall–Kier alpha value is -1.67. The van der Waals surface area contributed by atoms with Crippen LogP contribution in [0.3, 0.4) is 0 Å². The zero-order valence-electron chi connectivity index (χ0n) is 9.70. The molecule has 0 atom stereocenters. The van der Waals surface area contributed by atoms with Crippen molar-refractivity contribution in [3.8, 4) is 0 Å². The van der Waals surface area contributed by atoms with E-state index in [9.17, 15) is 0 Å². The predicted octanol–water partition coefficient (Wildman–Crippen LogP) is 3.84. The van der Waals surface area contributed by atoms with Crippen LogP contribution in [0.15, 0.2) is 42.5 Å². The first-order valence-corrected chi connectivity index (χ1v) is 5.88. The Morgan fingerprint density at radius 3 is 2.65 bits per heavy atom. The molecule has 17 heavy (non-hydrogen) atoms. The normalized spacial score (nSPS) is 10.2. The summed E-state index contributed by atoms with van der Waals surface area (Å²) < 4.78 is 0. The van der Waals surface area contributed by atoms with Crippen LogP contribution in [0.4, 0.5) is 11.4 Å². The van der Waals surface area contributed by atoms with E-state index in [-0.39, 0.29) is 0 Å². The van der Waals surface area contributed by atoms with Gasteiger partial charge < -0.3 is 11.1 Å². The van der Waals surface area contributed by atoms with Crippen LogP contribution in [-0.4, -0.2) is 0 Å². The summed E-state index contributed by atoms with van der Waals surface area (Å²) in [5, 5.41) is 3.97. The molecule has 0 bridgehead atoms. The van der Waals surface area contributed by atoms with Crippen molar-refractivity contribution < 1.29 is 0 Å². The highest BCUT2D eigenvalue weighted by atomic mass is 35.5. The van der Waals surface area contributed by atoms with Gasteiger partial charge in [0.1, 0.15) is 0 Å². The standard InChI is InChI=1S/C14H15ClN2/c1-10-4-2-3-5-11(10)9-17-14-7-6-12(15)8-13(14)16/h2-8,17H,9,16H2,1H3. The molecule has 2 aromatic carbocycles. The molecule has 0 spiro atoms. The van der Waals surface area contributed by atoms with Gasteiger partial charge in [-0.05, 0) is 36.2 Å². The van der Waals surface area contributed by atoms with E-state index in [4.69, 9.17) is 17.3 Å². The summed E-state index contributed by atoms with van der Waals surface area (Å²) in [5.41, 5.74) is 10.00. The molecule has 0 saturated heterocycles. The van der Waals surface area contributed by atoms with Crippen molar-refractivity contribution in [2.24, 2.45) is 0 Å². The number of nitrogens with two attached hydrogens (primary N) is 1.